The molecule has 0 aliphatic carbocycles. The maximum absolute atomic E-state index is 13.2. The molecule has 2 aromatic carbocycles. The number of aromatic nitrogens is 1. The van der Waals surface area contributed by atoms with Gasteiger partial charge >= 0.3 is 5.91 Å². The molecule has 0 bridgehead atoms. The van der Waals surface area contributed by atoms with Crippen LogP contribution in [0.5, 0.6) is 0 Å². The topological polar surface area (TPSA) is 83.6 Å². The number of thiazole rings is 1. The van der Waals surface area contributed by atoms with Crippen LogP contribution in [0.25, 0.3) is 16.0 Å². The Balaban J connectivity index is 1.74. The lowest BCUT2D eigenvalue weighted by Crippen LogP contribution is -2.29. The second-order valence-corrected chi connectivity index (χ2v) is 9.06. The van der Waals surface area contributed by atoms with Crippen molar-refractivity contribution in [3.63, 3.8) is 0 Å². The Hall–Kier alpha value is -3.42. The van der Waals surface area contributed by atoms with Gasteiger partial charge in [-0.15, -0.1) is 0 Å². The average Bonchev–Trinajstić information content (AvgIpc) is 3.48. The number of benzene rings is 2. The van der Waals surface area contributed by atoms with Gasteiger partial charge in [0, 0.05) is 10.6 Å². The van der Waals surface area contributed by atoms with Crippen molar-refractivity contribution in [3.8, 4) is 0 Å². The van der Waals surface area contributed by atoms with Crippen molar-refractivity contribution in [2.75, 3.05) is 4.90 Å². The van der Waals surface area contributed by atoms with Crippen molar-refractivity contribution in [1.82, 2.24) is 4.98 Å². The molecule has 32 heavy (non-hydrogen) atoms. The van der Waals surface area contributed by atoms with Crippen molar-refractivity contribution >= 4 is 55.7 Å². The maximum atomic E-state index is 13.2. The number of furan rings is 1. The van der Waals surface area contributed by atoms with Gasteiger partial charge in [0.05, 0.1) is 22.1 Å². The minimum absolute atomic E-state index is 0.0315. The van der Waals surface area contributed by atoms with Gasteiger partial charge in [0.25, 0.3) is 5.78 Å². The molecule has 2 aromatic heterocycles. The monoisotopic (exact) mass is 464 g/mol. The van der Waals surface area contributed by atoms with Crippen LogP contribution in [0, 0.1) is 13.8 Å². The molecule has 1 N–H and O–H groups in total. The van der Waals surface area contributed by atoms with Gasteiger partial charge in [0.1, 0.15) is 17.6 Å². The minimum Gasteiger partial charge on any atom is -0.507 e. The Morgan fingerprint density at radius 3 is 2.72 bits per heavy atom. The molecule has 1 fully saturated rings. The first-order valence-corrected chi connectivity index (χ1v) is 11.0. The van der Waals surface area contributed by atoms with E-state index in [1.54, 1.807) is 36.4 Å². The number of fused-ring (bicyclic) bond motifs is 1. The molecular weight excluding hydrogens is 448 g/mol. The molecule has 0 spiro atoms. The zero-order valence-corrected chi connectivity index (χ0v) is 18.7. The molecule has 160 valence electrons. The minimum atomic E-state index is -0.944. The Kier molecular flexibility index (Phi) is 4.87. The summed E-state index contributed by atoms with van der Waals surface area (Å²) in [7, 11) is 0. The molecule has 1 atom stereocenters. The van der Waals surface area contributed by atoms with Crippen molar-refractivity contribution in [2.45, 2.75) is 19.9 Å². The van der Waals surface area contributed by atoms with Crippen LogP contribution < -0.4 is 4.90 Å². The van der Waals surface area contributed by atoms with Crippen LogP contribution in [-0.2, 0) is 9.59 Å². The van der Waals surface area contributed by atoms with E-state index in [2.05, 4.69) is 4.98 Å². The number of aliphatic hydroxyl groups excluding tert-OH is 1. The van der Waals surface area contributed by atoms with Crippen molar-refractivity contribution < 1.29 is 19.1 Å². The van der Waals surface area contributed by atoms with Gasteiger partial charge in [0.15, 0.2) is 5.13 Å². The van der Waals surface area contributed by atoms with Crippen molar-refractivity contribution in [3.05, 3.63) is 87.8 Å². The zero-order chi connectivity index (χ0) is 22.6. The van der Waals surface area contributed by atoms with Crippen LogP contribution in [0.1, 0.15) is 28.5 Å². The SMILES string of the molecule is Cc1ccc(C)c(C(O)=C2C(=O)C(=O)N(c3nc4ccc(Cl)cc4s3)C2c2ccco2)c1. The van der Waals surface area contributed by atoms with Gasteiger partial charge < -0.3 is 9.52 Å². The van der Waals surface area contributed by atoms with Gasteiger partial charge in [0.2, 0.25) is 0 Å². The number of carbonyl (C=O) groups excluding carboxylic acids is 2. The first-order valence-electron chi connectivity index (χ1n) is 9.83. The number of Topliss-reactive ketones (excluding diaryl/α,β-unsaturated/α-hetero) is 1. The molecule has 0 saturated carbocycles. The number of hydrogen-bond acceptors (Lipinski definition) is 6. The summed E-state index contributed by atoms with van der Waals surface area (Å²) in [6.45, 7) is 3.73. The Morgan fingerprint density at radius 2 is 1.97 bits per heavy atom. The third-order valence-corrected chi connectivity index (χ3v) is 6.70. The number of aliphatic hydroxyl groups is 1. The van der Waals surface area contributed by atoms with Gasteiger partial charge in [-0.1, -0.05) is 40.6 Å². The lowest BCUT2D eigenvalue weighted by molar-refractivity contribution is -0.132. The fourth-order valence-electron chi connectivity index (χ4n) is 3.87. The van der Waals surface area contributed by atoms with E-state index in [-0.39, 0.29) is 11.3 Å². The Bertz CT molecular complexity index is 1420. The average molecular weight is 465 g/mol. The molecule has 1 amide bonds. The van der Waals surface area contributed by atoms with Gasteiger partial charge in [-0.3, -0.25) is 14.5 Å². The third kappa shape index (κ3) is 3.21. The summed E-state index contributed by atoms with van der Waals surface area (Å²) in [6, 6.07) is 13.2. The first kappa shape index (κ1) is 20.5. The molecule has 4 aromatic rings. The summed E-state index contributed by atoms with van der Waals surface area (Å²) in [5.41, 5.74) is 2.83. The predicted octanol–water partition coefficient (Wildman–Crippen LogP) is 5.79. The molecule has 1 aliphatic heterocycles. The highest BCUT2D eigenvalue weighted by Gasteiger charge is 2.49. The molecule has 0 radical (unpaired) electrons. The van der Waals surface area contributed by atoms with Crippen LogP contribution in [0.3, 0.4) is 0 Å². The quantitative estimate of drug-likeness (QED) is 0.236. The number of anilines is 1. The fourth-order valence-corrected chi connectivity index (χ4v) is 5.14. The summed E-state index contributed by atoms with van der Waals surface area (Å²) in [5, 5.41) is 12.1. The molecule has 1 saturated heterocycles. The van der Waals surface area contributed by atoms with Crippen molar-refractivity contribution in [1.29, 1.82) is 0 Å². The number of halogens is 1. The van der Waals surface area contributed by atoms with E-state index in [0.717, 1.165) is 15.8 Å². The number of hydrogen-bond donors (Lipinski definition) is 1. The van der Waals surface area contributed by atoms with Crippen LogP contribution >= 0.6 is 22.9 Å². The first-order chi connectivity index (χ1) is 15.3. The summed E-state index contributed by atoms with van der Waals surface area (Å²) >= 11 is 7.34. The van der Waals surface area contributed by atoms with E-state index in [1.807, 2.05) is 26.0 Å². The maximum Gasteiger partial charge on any atom is 0.302 e. The van der Waals surface area contributed by atoms with Gasteiger partial charge in [-0.05, 0) is 55.8 Å². The van der Waals surface area contributed by atoms with Crippen LogP contribution in [0.4, 0.5) is 5.13 Å². The predicted molar refractivity (Wildman–Crippen MR) is 124 cm³/mol. The van der Waals surface area contributed by atoms with Crippen LogP contribution in [0.2, 0.25) is 5.02 Å². The highest BCUT2D eigenvalue weighted by molar-refractivity contribution is 7.22. The molecule has 1 unspecified atom stereocenters. The number of nitrogens with zero attached hydrogens (tertiary/aromatic N) is 2. The van der Waals surface area contributed by atoms with E-state index in [4.69, 9.17) is 16.0 Å². The number of amides is 1. The van der Waals surface area contributed by atoms with Crippen LogP contribution in [0.15, 0.2) is 64.8 Å². The smallest absolute Gasteiger partial charge is 0.302 e. The second-order valence-electron chi connectivity index (χ2n) is 7.61. The standard InChI is InChI=1S/C24H17ClN2O4S/c1-12-5-6-13(2)15(10-12)21(28)19-20(17-4-3-9-31-17)27(23(30)22(19)29)24-26-16-8-7-14(25)11-18(16)32-24/h3-11,20,28H,1-2H3. The Morgan fingerprint density at radius 1 is 1.16 bits per heavy atom. The number of aryl methyl sites for hydroxylation is 2. The van der Waals surface area contributed by atoms with Crippen molar-refractivity contribution in [2.24, 2.45) is 0 Å². The molecule has 5 rings (SSSR count). The fraction of sp³-hybridized carbons (Fsp3) is 0.125. The Labute approximate surface area is 192 Å². The lowest BCUT2D eigenvalue weighted by Gasteiger charge is -2.20. The van der Waals surface area contributed by atoms with E-state index >= 15 is 0 Å². The van der Waals surface area contributed by atoms with Crippen LogP contribution in [-0.4, -0.2) is 21.8 Å². The lowest BCUT2D eigenvalue weighted by atomic mass is 9.96. The molecular formula is C24H17ClN2O4S. The third-order valence-electron chi connectivity index (χ3n) is 5.45. The molecule has 1 aliphatic rings. The second kappa shape index (κ2) is 7.62. The molecule has 6 nitrogen and oxygen atoms in total. The highest BCUT2D eigenvalue weighted by Crippen LogP contribution is 2.44. The largest absolute Gasteiger partial charge is 0.507 e. The normalized spacial score (nSPS) is 18.1. The number of rotatable bonds is 3. The summed E-state index contributed by atoms with van der Waals surface area (Å²) in [4.78, 5) is 32.2. The highest BCUT2D eigenvalue weighted by atomic mass is 35.5. The van der Waals surface area contributed by atoms with Gasteiger partial charge in [-0.25, -0.2) is 4.98 Å². The van der Waals surface area contributed by atoms with Gasteiger partial charge in [-0.2, -0.15) is 0 Å². The van der Waals surface area contributed by atoms with E-state index in [9.17, 15) is 14.7 Å². The zero-order valence-electron chi connectivity index (χ0n) is 17.1. The van der Waals surface area contributed by atoms with E-state index < -0.39 is 17.7 Å². The van der Waals surface area contributed by atoms with E-state index in [0.29, 0.717) is 27.0 Å². The summed E-state index contributed by atoms with van der Waals surface area (Å²) in [6.07, 6.45) is 1.46. The number of ketones is 1. The summed E-state index contributed by atoms with van der Waals surface area (Å²) < 4.78 is 6.37. The number of carbonyl (C=O) groups is 2. The molecule has 3 heterocycles. The summed E-state index contributed by atoms with van der Waals surface area (Å²) in [5.74, 6) is -1.45. The molecule has 8 heteroatoms. The van der Waals surface area contributed by atoms with E-state index in [1.165, 1.54) is 22.5 Å².